The lowest BCUT2D eigenvalue weighted by molar-refractivity contribution is 0.199. The number of aromatic nitrogens is 3. The summed E-state index contributed by atoms with van der Waals surface area (Å²) >= 11 is 0. The van der Waals surface area contributed by atoms with Crippen molar-refractivity contribution in [2.45, 2.75) is 13.0 Å². The van der Waals surface area contributed by atoms with Crippen LogP contribution < -0.4 is 5.32 Å². The van der Waals surface area contributed by atoms with Crippen molar-refractivity contribution >= 4 is 0 Å². The van der Waals surface area contributed by atoms with Gasteiger partial charge < -0.3 is 10.1 Å². The molecule has 0 aliphatic rings. The fourth-order valence-electron chi connectivity index (χ4n) is 1.64. The first-order valence-corrected chi connectivity index (χ1v) is 6.28. The van der Waals surface area contributed by atoms with E-state index >= 15 is 0 Å². The Bertz CT molecular complexity index is 473. The summed E-state index contributed by atoms with van der Waals surface area (Å²) in [6, 6.07) is 5.85. The molecule has 5 nitrogen and oxygen atoms in total. The molecule has 0 aliphatic heterocycles. The summed E-state index contributed by atoms with van der Waals surface area (Å²) in [5, 5.41) is 3.25. The highest BCUT2D eigenvalue weighted by molar-refractivity contribution is 5.11. The summed E-state index contributed by atoms with van der Waals surface area (Å²) in [5.74, 6) is 0.791. The predicted molar refractivity (Wildman–Crippen MR) is 72.7 cm³/mol. The quantitative estimate of drug-likeness (QED) is 0.756. The molecule has 1 N–H and O–H groups in total. The van der Waals surface area contributed by atoms with E-state index in [1.807, 2.05) is 30.6 Å². The minimum Gasteiger partial charge on any atom is -0.383 e. The van der Waals surface area contributed by atoms with Gasteiger partial charge in [0.05, 0.1) is 6.61 Å². The van der Waals surface area contributed by atoms with E-state index in [0.29, 0.717) is 13.0 Å². The lowest BCUT2D eigenvalue weighted by Crippen LogP contribution is -2.18. The van der Waals surface area contributed by atoms with Crippen molar-refractivity contribution in [3.05, 3.63) is 53.9 Å². The van der Waals surface area contributed by atoms with Gasteiger partial charge in [-0.15, -0.1) is 0 Å². The van der Waals surface area contributed by atoms with E-state index < -0.39 is 0 Å². The summed E-state index contributed by atoms with van der Waals surface area (Å²) in [5.41, 5.74) is 2.05. The molecule has 0 aliphatic carbocycles. The highest BCUT2D eigenvalue weighted by Gasteiger charge is 2.00. The zero-order chi connectivity index (χ0) is 13.3. The van der Waals surface area contributed by atoms with E-state index in [-0.39, 0.29) is 0 Å². The van der Waals surface area contributed by atoms with Crippen LogP contribution in [0.3, 0.4) is 0 Å². The van der Waals surface area contributed by atoms with Crippen molar-refractivity contribution in [1.29, 1.82) is 0 Å². The Kier molecular flexibility index (Phi) is 5.40. The molecule has 5 heteroatoms. The summed E-state index contributed by atoms with van der Waals surface area (Å²) in [6.45, 7) is 2.29. The first kappa shape index (κ1) is 13.6. The van der Waals surface area contributed by atoms with Crippen molar-refractivity contribution in [3.63, 3.8) is 0 Å². The minimum atomic E-state index is 0.665. The maximum Gasteiger partial charge on any atom is 0.134 e. The number of methoxy groups -OCH3 is 1. The summed E-state index contributed by atoms with van der Waals surface area (Å²) in [7, 11) is 1.69. The number of hydrogen-bond donors (Lipinski definition) is 1. The van der Waals surface area contributed by atoms with Gasteiger partial charge in [-0.25, -0.2) is 9.97 Å². The van der Waals surface area contributed by atoms with Gasteiger partial charge in [0.2, 0.25) is 0 Å². The van der Waals surface area contributed by atoms with Crippen molar-refractivity contribution < 1.29 is 4.74 Å². The predicted octanol–water partition coefficient (Wildman–Crippen LogP) is 1.20. The molecule has 0 fully saturated rings. The van der Waals surface area contributed by atoms with Crippen LogP contribution in [0, 0.1) is 0 Å². The average Bonchev–Trinajstić information content (AvgIpc) is 2.46. The maximum atomic E-state index is 4.96. The third-order valence-electron chi connectivity index (χ3n) is 2.64. The monoisotopic (exact) mass is 258 g/mol. The van der Waals surface area contributed by atoms with Gasteiger partial charge in [0.1, 0.15) is 5.82 Å². The zero-order valence-corrected chi connectivity index (χ0v) is 11.0. The SMILES string of the molecule is COCCNCc1cnc(Cc2ccccn2)nc1. The fraction of sp³-hybridized carbons (Fsp3) is 0.357. The number of rotatable bonds is 7. The van der Waals surface area contributed by atoms with Crippen LogP contribution in [-0.2, 0) is 17.7 Å². The van der Waals surface area contributed by atoms with E-state index in [4.69, 9.17) is 4.74 Å². The van der Waals surface area contributed by atoms with Crippen molar-refractivity contribution in [1.82, 2.24) is 20.3 Å². The lowest BCUT2D eigenvalue weighted by atomic mass is 10.2. The molecule has 0 atom stereocenters. The van der Waals surface area contributed by atoms with Gasteiger partial charge >= 0.3 is 0 Å². The van der Waals surface area contributed by atoms with Crippen LogP contribution in [0.15, 0.2) is 36.8 Å². The molecular formula is C14H18N4O. The van der Waals surface area contributed by atoms with Crippen LogP contribution >= 0.6 is 0 Å². The van der Waals surface area contributed by atoms with Gasteiger partial charge in [-0.1, -0.05) is 6.07 Å². The van der Waals surface area contributed by atoms with Gasteiger partial charge in [-0.05, 0) is 12.1 Å². The second-order valence-corrected chi connectivity index (χ2v) is 4.17. The molecule has 0 unspecified atom stereocenters. The van der Waals surface area contributed by atoms with Gasteiger partial charge in [-0.2, -0.15) is 0 Å². The molecule has 2 heterocycles. The third-order valence-corrected chi connectivity index (χ3v) is 2.64. The number of nitrogens with zero attached hydrogens (tertiary/aromatic N) is 3. The Morgan fingerprint density at radius 2 is 2.00 bits per heavy atom. The van der Waals surface area contributed by atoms with Crippen LogP contribution in [0.1, 0.15) is 17.1 Å². The summed E-state index contributed by atoms with van der Waals surface area (Å²) in [4.78, 5) is 13.0. The molecule has 0 bridgehead atoms. The molecule has 0 saturated carbocycles. The number of hydrogen-bond acceptors (Lipinski definition) is 5. The van der Waals surface area contributed by atoms with Crippen LogP contribution in [0.25, 0.3) is 0 Å². The van der Waals surface area contributed by atoms with E-state index in [1.165, 1.54) is 0 Å². The van der Waals surface area contributed by atoms with Gasteiger partial charge in [0.25, 0.3) is 0 Å². The van der Waals surface area contributed by atoms with Gasteiger partial charge in [0.15, 0.2) is 0 Å². The third kappa shape index (κ3) is 4.73. The highest BCUT2D eigenvalue weighted by Crippen LogP contribution is 2.02. The molecule has 19 heavy (non-hydrogen) atoms. The first-order chi connectivity index (χ1) is 9.38. The number of ether oxygens (including phenoxy) is 1. The Balaban J connectivity index is 1.84. The van der Waals surface area contributed by atoms with Crippen LogP contribution in [-0.4, -0.2) is 35.2 Å². The van der Waals surface area contributed by atoms with E-state index in [1.54, 1.807) is 13.3 Å². The van der Waals surface area contributed by atoms with Gasteiger partial charge in [-0.3, -0.25) is 4.98 Å². The molecule has 2 aromatic rings. The highest BCUT2D eigenvalue weighted by atomic mass is 16.5. The second kappa shape index (κ2) is 7.56. The van der Waals surface area contributed by atoms with Gasteiger partial charge in [0, 0.05) is 56.5 Å². The van der Waals surface area contributed by atoms with Crippen LogP contribution in [0.2, 0.25) is 0 Å². The fourth-order valence-corrected chi connectivity index (χ4v) is 1.64. The Morgan fingerprint density at radius 3 is 2.68 bits per heavy atom. The number of nitrogens with one attached hydrogen (secondary N) is 1. The van der Waals surface area contributed by atoms with Crippen molar-refractivity contribution in [2.24, 2.45) is 0 Å². The molecule has 100 valence electrons. The van der Waals surface area contributed by atoms with Crippen molar-refractivity contribution in [2.75, 3.05) is 20.3 Å². The standard InChI is InChI=1S/C14H18N4O/c1-19-7-6-15-9-12-10-17-14(18-11-12)8-13-4-2-3-5-16-13/h2-5,10-11,15H,6-9H2,1H3. The average molecular weight is 258 g/mol. The smallest absolute Gasteiger partial charge is 0.134 e. The van der Waals surface area contributed by atoms with E-state index in [0.717, 1.165) is 30.2 Å². The maximum absolute atomic E-state index is 4.96. The Labute approximate surface area is 113 Å². The molecule has 0 radical (unpaired) electrons. The largest absolute Gasteiger partial charge is 0.383 e. The van der Waals surface area contributed by atoms with E-state index in [2.05, 4.69) is 20.3 Å². The molecule has 0 spiro atoms. The minimum absolute atomic E-state index is 0.665. The molecular weight excluding hydrogens is 240 g/mol. The lowest BCUT2D eigenvalue weighted by Gasteiger charge is -2.04. The molecule has 2 aromatic heterocycles. The Morgan fingerprint density at radius 1 is 1.16 bits per heavy atom. The first-order valence-electron chi connectivity index (χ1n) is 6.28. The van der Waals surface area contributed by atoms with E-state index in [9.17, 15) is 0 Å². The second-order valence-electron chi connectivity index (χ2n) is 4.17. The molecule has 0 aromatic carbocycles. The normalized spacial score (nSPS) is 10.6. The molecule has 2 rings (SSSR count). The summed E-state index contributed by atoms with van der Waals surface area (Å²) in [6.07, 6.45) is 6.15. The molecule has 0 amide bonds. The summed E-state index contributed by atoms with van der Waals surface area (Å²) < 4.78 is 4.96. The van der Waals surface area contributed by atoms with Crippen molar-refractivity contribution in [3.8, 4) is 0 Å². The number of pyridine rings is 1. The topological polar surface area (TPSA) is 59.9 Å². The Hall–Kier alpha value is -1.85. The molecule has 0 saturated heterocycles. The zero-order valence-electron chi connectivity index (χ0n) is 11.0. The van der Waals surface area contributed by atoms with Crippen LogP contribution in [0.4, 0.5) is 0 Å². The van der Waals surface area contributed by atoms with Crippen LogP contribution in [0.5, 0.6) is 0 Å².